The van der Waals surface area contributed by atoms with Crippen molar-refractivity contribution in [3.63, 3.8) is 0 Å². The minimum Gasteiger partial charge on any atom is -0.335 e. The zero-order valence-electron chi connectivity index (χ0n) is 9.91. The second-order valence-corrected chi connectivity index (χ2v) is 4.32. The zero-order chi connectivity index (χ0) is 12.4. The highest BCUT2D eigenvalue weighted by atomic mass is 16.2. The monoisotopic (exact) mass is 238 g/mol. The van der Waals surface area contributed by atoms with Crippen LogP contribution in [0.3, 0.4) is 0 Å². The molecule has 2 amide bonds. The molecule has 3 rings (SSSR count). The third-order valence-corrected chi connectivity index (χ3v) is 3.20. The van der Waals surface area contributed by atoms with Crippen LogP contribution in [0.2, 0.25) is 0 Å². The van der Waals surface area contributed by atoms with Crippen molar-refractivity contribution in [2.45, 2.75) is 6.04 Å². The van der Waals surface area contributed by atoms with Crippen LogP contribution in [0.5, 0.6) is 0 Å². The minimum atomic E-state index is -0.0324. The molecule has 1 fully saturated rings. The topological polar surface area (TPSA) is 32.3 Å². The number of carbonyl (C=O) groups excluding carboxylic acids is 1. The molecular weight excluding hydrogens is 224 g/mol. The maximum atomic E-state index is 12.0. The molecule has 2 aromatic rings. The van der Waals surface area contributed by atoms with E-state index < -0.39 is 0 Å². The van der Waals surface area contributed by atoms with Crippen molar-refractivity contribution in [2.75, 3.05) is 11.4 Å². The maximum Gasteiger partial charge on any atom is 0.322 e. The smallest absolute Gasteiger partial charge is 0.322 e. The lowest BCUT2D eigenvalue weighted by Crippen LogP contribution is -2.29. The van der Waals surface area contributed by atoms with Gasteiger partial charge in [0, 0.05) is 12.2 Å². The largest absolute Gasteiger partial charge is 0.335 e. The normalized spacial score (nSPS) is 18.8. The van der Waals surface area contributed by atoms with Crippen LogP contribution < -0.4 is 10.2 Å². The highest BCUT2D eigenvalue weighted by Crippen LogP contribution is 2.29. The SMILES string of the molecule is O=C1NCC(c2ccccc2)N1c1ccccc1. The number of urea groups is 1. The number of carbonyl (C=O) groups is 1. The van der Waals surface area contributed by atoms with E-state index >= 15 is 0 Å². The summed E-state index contributed by atoms with van der Waals surface area (Å²) in [5.41, 5.74) is 2.08. The number of para-hydroxylation sites is 1. The van der Waals surface area contributed by atoms with Gasteiger partial charge in [-0.05, 0) is 17.7 Å². The second-order valence-electron chi connectivity index (χ2n) is 4.32. The highest BCUT2D eigenvalue weighted by molar-refractivity contribution is 5.95. The molecule has 0 spiro atoms. The van der Waals surface area contributed by atoms with Gasteiger partial charge in [0.15, 0.2) is 0 Å². The van der Waals surface area contributed by atoms with Gasteiger partial charge in [-0.2, -0.15) is 0 Å². The summed E-state index contributed by atoms with van der Waals surface area (Å²) < 4.78 is 0. The first-order valence-corrected chi connectivity index (χ1v) is 6.03. The number of hydrogen-bond donors (Lipinski definition) is 1. The van der Waals surface area contributed by atoms with Crippen LogP contribution >= 0.6 is 0 Å². The second kappa shape index (κ2) is 4.53. The number of amides is 2. The Morgan fingerprint density at radius 2 is 1.56 bits per heavy atom. The molecule has 1 aliphatic heterocycles. The number of hydrogen-bond acceptors (Lipinski definition) is 1. The fourth-order valence-corrected chi connectivity index (χ4v) is 2.33. The van der Waals surface area contributed by atoms with Gasteiger partial charge >= 0.3 is 6.03 Å². The Labute approximate surface area is 106 Å². The van der Waals surface area contributed by atoms with Crippen LogP contribution in [0.25, 0.3) is 0 Å². The molecule has 0 aromatic heterocycles. The van der Waals surface area contributed by atoms with Crippen molar-refractivity contribution in [3.8, 4) is 0 Å². The Kier molecular flexibility index (Phi) is 2.73. The van der Waals surface area contributed by atoms with Crippen molar-refractivity contribution in [1.29, 1.82) is 0 Å². The fourth-order valence-electron chi connectivity index (χ4n) is 2.33. The van der Waals surface area contributed by atoms with Gasteiger partial charge < -0.3 is 5.32 Å². The summed E-state index contributed by atoms with van der Waals surface area (Å²) in [6.07, 6.45) is 0. The summed E-state index contributed by atoms with van der Waals surface area (Å²) in [5, 5.41) is 2.90. The van der Waals surface area contributed by atoms with Crippen LogP contribution in [-0.4, -0.2) is 12.6 Å². The molecule has 0 aliphatic carbocycles. The molecule has 2 aromatic carbocycles. The molecule has 1 aliphatic rings. The molecule has 1 N–H and O–H groups in total. The Hall–Kier alpha value is -2.29. The third-order valence-electron chi connectivity index (χ3n) is 3.20. The first-order chi connectivity index (χ1) is 8.86. The third kappa shape index (κ3) is 1.84. The van der Waals surface area contributed by atoms with Crippen LogP contribution in [0.15, 0.2) is 60.7 Å². The quantitative estimate of drug-likeness (QED) is 0.857. The Morgan fingerprint density at radius 1 is 0.944 bits per heavy atom. The average Bonchev–Trinajstić information content (AvgIpc) is 2.83. The summed E-state index contributed by atoms with van der Waals surface area (Å²) in [6.45, 7) is 0.651. The van der Waals surface area contributed by atoms with Gasteiger partial charge in [0.05, 0.1) is 6.04 Å². The van der Waals surface area contributed by atoms with Gasteiger partial charge in [0.25, 0.3) is 0 Å². The molecular formula is C15H14N2O. The number of nitrogens with zero attached hydrogens (tertiary/aromatic N) is 1. The first kappa shape index (κ1) is 10.8. The van der Waals surface area contributed by atoms with E-state index in [1.54, 1.807) is 0 Å². The van der Waals surface area contributed by atoms with Crippen LogP contribution in [0, 0.1) is 0 Å². The summed E-state index contributed by atoms with van der Waals surface area (Å²) in [6, 6.07) is 19.9. The molecule has 3 nitrogen and oxygen atoms in total. The van der Waals surface area contributed by atoms with Crippen LogP contribution in [0.1, 0.15) is 11.6 Å². The summed E-state index contributed by atoms with van der Waals surface area (Å²) in [4.78, 5) is 13.8. The van der Waals surface area contributed by atoms with E-state index in [1.807, 2.05) is 53.4 Å². The van der Waals surface area contributed by atoms with Gasteiger partial charge in [0.1, 0.15) is 0 Å². The first-order valence-electron chi connectivity index (χ1n) is 6.03. The van der Waals surface area contributed by atoms with Gasteiger partial charge in [-0.15, -0.1) is 0 Å². The van der Waals surface area contributed by atoms with Crippen LogP contribution in [-0.2, 0) is 0 Å². The van der Waals surface area contributed by atoms with E-state index in [1.165, 1.54) is 0 Å². The number of rotatable bonds is 2. The molecule has 0 bridgehead atoms. The molecule has 0 saturated carbocycles. The molecule has 18 heavy (non-hydrogen) atoms. The van der Waals surface area contributed by atoms with E-state index in [9.17, 15) is 4.79 Å². The number of nitrogens with one attached hydrogen (secondary N) is 1. The van der Waals surface area contributed by atoms with Crippen molar-refractivity contribution in [1.82, 2.24) is 5.32 Å². The molecule has 90 valence electrons. The standard InChI is InChI=1S/C15H14N2O/c18-15-16-11-14(12-7-3-1-4-8-12)17(15)13-9-5-2-6-10-13/h1-10,14H,11H2,(H,16,18). The lowest BCUT2D eigenvalue weighted by Gasteiger charge is -2.23. The Morgan fingerprint density at radius 3 is 2.22 bits per heavy atom. The van der Waals surface area contributed by atoms with E-state index in [4.69, 9.17) is 0 Å². The van der Waals surface area contributed by atoms with Crippen molar-refractivity contribution in [2.24, 2.45) is 0 Å². The van der Waals surface area contributed by atoms with Crippen molar-refractivity contribution in [3.05, 3.63) is 66.2 Å². The predicted octanol–water partition coefficient (Wildman–Crippen LogP) is 2.96. The van der Waals surface area contributed by atoms with Crippen molar-refractivity contribution >= 4 is 11.7 Å². The van der Waals surface area contributed by atoms with Gasteiger partial charge in [-0.1, -0.05) is 48.5 Å². The van der Waals surface area contributed by atoms with E-state index in [-0.39, 0.29) is 12.1 Å². The molecule has 1 saturated heterocycles. The van der Waals surface area contributed by atoms with Crippen molar-refractivity contribution < 1.29 is 4.79 Å². The summed E-state index contributed by atoms with van der Waals surface area (Å²) in [5.74, 6) is 0. The van der Waals surface area contributed by atoms with Crippen LogP contribution in [0.4, 0.5) is 10.5 Å². The average molecular weight is 238 g/mol. The minimum absolute atomic E-state index is 0.0324. The maximum absolute atomic E-state index is 12.0. The lowest BCUT2D eigenvalue weighted by atomic mass is 10.1. The predicted molar refractivity (Wildman–Crippen MR) is 71.5 cm³/mol. The van der Waals surface area contributed by atoms with E-state index in [2.05, 4.69) is 17.4 Å². The molecule has 3 heteroatoms. The lowest BCUT2D eigenvalue weighted by molar-refractivity contribution is 0.251. The van der Waals surface area contributed by atoms with Gasteiger partial charge in [-0.3, -0.25) is 4.90 Å². The highest BCUT2D eigenvalue weighted by Gasteiger charge is 2.32. The number of anilines is 1. The molecule has 1 atom stereocenters. The molecule has 0 radical (unpaired) electrons. The van der Waals surface area contributed by atoms with E-state index in [0.717, 1.165) is 11.3 Å². The summed E-state index contributed by atoms with van der Waals surface area (Å²) >= 11 is 0. The van der Waals surface area contributed by atoms with Gasteiger partial charge in [-0.25, -0.2) is 4.79 Å². The van der Waals surface area contributed by atoms with Gasteiger partial charge in [0.2, 0.25) is 0 Å². The summed E-state index contributed by atoms with van der Waals surface area (Å²) in [7, 11) is 0. The molecule has 1 heterocycles. The molecule has 1 unspecified atom stereocenters. The Bertz CT molecular complexity index is 539. The number of benzene rings is 2. The zero-order valence-corrected chi connectivity index (χ0v) is 9.91. The Balaban J connectivity index is 1.98. The van der Waals surface area contributed by atoms with E-state index in [0.29, 0.717) is 6.54 Å². The fraction of sp³-hybridized carbons (Fsp3) is 0.133.